The maximum Gasteiger partial charge on any atom is 0.336 e. The van der Waals surface area contributed by atoms with Crippen LogP contribution in [0.1, 0.15) is 52.9 Å². The lowest BCUT2D eigenvalue weighted by Gasteiger charge is -2.33. The summed E-state index contributed by atoms with van der Waals surface area (Å²) in [4.78, 5) is 12.2. The predicted molar refractivity (Wildman–Crippen MR) is 139 cm³/mol. The second-order valence-corrected chi connectivity index (χ2v) is 10.1. The molecule has 3 atom stereocenters. The molecule has 1 aliphatic heterocycles. The minimum atomic E-state index is -0.947. The smallest absolute Gasteiger partial charge is 0.336 e. The van der Waals surface area contributed by atoms with E-state index in [4.69, 9.17) is 21.1 Å². The van der Waals surface area contributed by atoms with Crippen molar-refractivity contribution in [3.8, 4) is 5.75 Å². The molecule has 2 N–H and O–H groups in total. The number of aliphatic hydroxyl groups is 1. The lowest BCUT2D eigenvalue weighted by Crippen LogP contribution is -2.33. The molecule has 0 saturated carbocycles. The van der Waals surface area contributed by atoms with Crippen LogP contribution in [0.2, 0.25) is 5.02 Å². The Hall–Kier alpha value is -2.51. The first kappa shape index (κ1) is 25.6. The average molecular weight is 513 g/mol. The Bertz CT molecular complexity index is 1150. The van der Waals surface area contributed by atoms with Crippen molar-refractivity contribution >= 4 is 29.3 Å². The Balaban J connectivity index is 1.45. The van der Waals surface area contributed by atoms with Crippen LogP contribution in [0.15, 0.2) is 71.6 Å². The number of rotatable bonds is 9. The van der Waals surface area contributed by atoms with E-state index >= 15 is 0 Å². The molecule has 1 saturated heterocycles. The van der Waals surface area contributed by atoms with Gasteiger partial charge in [-0.1, -0.05) is 48.0 Å². The van der Waals surface area contributed by atoms with Gasteiger partial charge in [-0.3, -0.25) is 0 Å². The lowest BCUT2D eigenvalue weighted by molar-refractivity contribution is -0.0875. The van der Waals surface area contributed by atoms with Gasteiger partial charge in [0, 0.05) is 28.5 Å². The topological polar surface area (TPSA) is 76.0 Å². The Morgan fingerprint density at radius 3 is 2.63 bits per heavy atom. The quantitative estimate of drug-likeness (QED) is 0.323. The van der Waals surface area contributed by atoms with Gasteiger partial charge in [0.1, 0.15) is 5.75 Å². The number of thioether (sulfide) groups is 1. The fourth-order valence-electron chi connectivity index (χ4n) is 4.28. The van der Waals surface area contributed by atoms with Gasteiger partial charge in [-0.25, -0.2) is 4.79 Å². The first-order chi connectivity index (χ1) is 16.9. The summed E-state index contributed by atoms with van der Waals surface area (Å²) >= 11 is 7.96. The molecule has 5 nitrogen and oxygen atoms in total. The molecule has 3 aromatic rings. The van der Waals surface area contributed by atoms with Gasteiger partial charge < -0.3 is 19.7 Å². The highest BCUT2D eigenvalue weighted by Gasteiger charge is 2.30. The molecule has 0 bridgehead atoms. The summed E-state index contributed by atoms with van der Waals surface area (Å²) < 4.78 is 11.9. The van der Waals surface area contributed by atoms with Crippen molar-refractivity contribution in [2.24, 2.45) is 0 Å². The third kappa shape index (κ3) is 6.79. The molecule has 1 heterocycles. The Kier molecular flexibility index (Phi) is 8.74. The van der Waals surface area contributed by atoms with Gasteiger partial charge in [0.2, 0.25) is 0 Å². The van der Waals surface area contributed by atoms with Crippen LogP contribution in [-0.4, -0.2) is 40.8 Å². The predicted octanol–water partition coefficient (Wildman–Crippen LogP) is 6.40. The van der Waals surface area contributed by atoms with E-state index in [0.717, 1.165) is 22.4 Å². The van der Waals surface area contributed by atoms with Gasteiger partial charge >= 0.3 is 5.97 Å². The largest absolute Gasteiger partial charge is 0.494 e. The summed E-state index contributed by atoms with van der Waals surface area (Å²) in [6.45, 7) is 2.59. The van der Waals surface area contributed by atoms with Gasteiger partial charge in [0.15, 0.2) is 0 Å². The maximum atomic E-state index is 11.5. The fraction of sp³-hybridized carbons (Fsp3) is 0.321. The van der Waals surface area contributed by atoms with Crippen molar-refractivity contribution < 1.29 is 24.5 Å². The van der Waals surface area contributed by atoms with Crippen molar-refractivity contribution in [1.82, 2.24) is 0 Å². The van der Waals surface area contributed by atoms with Crippen LogP contribution in [0.5, 0.6) is 5.75 Å². The van der Waals surface area contributed by atoms with Crippen LogP contribution in [0.3, 0.4) is 0 Å². The van der Waals surface area contributed by atoms with Gasteiger partial charge in [-0.15, -0.1) is 11.8 Å². The lowest BCUT2D eigenvalue weighted by atomic mass is 9.94. The number of hydrogen-bond acceptors (Lipinski definition) is 5. The number of carbonyl (C=O) groups is 1. The summed E-state index contributed by atoms with van der Waals surface area (Å²) in [5.41, 5.74) is 3.39. The normalized spacial score (nSPS) is 19.9. The zero-order chi connectivity index (χ0) is 24.8. The molecule has 0 amide bonds. The zero-order valence-corrected chi connectivity index (χ0v) is 21.1. The second-order valence-electron chi connectivity index (χ2n) is 8.59. The van der Waals surface area contributed by atoms with E-state index in [1.54, 1.807) is 18.2 Å². The van der Waals surface area contributed by atoms with Crippen molar-refractivity contribution in [2.75, 3.05) is 12.4 Å². The Morgan fingerprint density at radius 1 is 1.11 bits per heavy atom. The second kappa shape index (κ2) is 12.0. The summed E-state index contributed by atoms with van der Waals surface area (Å²) in [5.74, 6) is 0.456. The highest BCUT2D eigenvalue weighted by Crippen LogP contribution is 2.36. The zero-order valence-electron chi connectivity index (χ0n) is 19.5. The number of hydrogen-bond donors (Lipinski definition) is 2. The molecule has 35 heavy (non-hydrogen) atoms. The molecule has 3 aromatic carbocycles. The van der Waals surface area contributed by atoms with E-state index in [1.165, 1.54) is 11.8 Å². The molecule has 3 unspecified atom stereocenters. The van der Waals surface area contributed by atoms with Crippen LogP contribution in [-0.2, 0) is 11.2 Å². The number of aromatic carboxylic acids is 1. The molecule has 1 fully saturated rings. The van der Waals surface area contributed by atoms with E-state index in [1.807, 2.05) is 49.4 Å². The van der Waals surface area contributed by atoms with Crippen molar-refractivity contribution in [3.63, 3.8) is 0 Å². The summed E-state index contributed by atoms with van der Waals surface area (Å²) in [6, 6.07) is 20.8. The first-order valence-corrected chi connectivity index (χ1v) is 13.1. The van der Waals surface area contributed by atoms with E-state index < -0.39 is 12.1 Å². The molecule has 184 valence electrons. The molecule has 1 aliphatic rings. The Morgan fingerprint density at radius 2 is 1.89 bits per heavy atom. The highest BCUT2D eigenvalue weighted by molar-refractivity contribution is 7.99. The fourth-order valence-corrected chi connectivity index (χ4v) is 5.53. The molecule has 0 aliphatic carbocycles. The average Bonchev–Trinajstić information content (AvgIpc) is 2.85. The molecular formula is C28H29ClO5S. The third-order valence-corrected chi connectivity index (χ3v) is 7.56. The van der Waals surface area contributed by atoms with Gasteiger partial charge in [-0.05, 0) is 60.4 Å². The van der Waals surface area contributed by atoms with Gasteiger partial charge in [-0.2, -0.15) is 0 Å². The van der Waals surface area contributed by atoms with E-state index in [-0.39, 0.29) is 17.8 Å². The minimum absolute atomic E-state index is 0.194. The van der Waals surface area contributed by atoms with Crippen LogP contribution < -0.4 is 4.74 Å². The number of carboxylic acid groups (broad SMARTS) is 1. The van der Waals surface area contributed by atoms with Gasteiger partial charge in [0.25, 0.3) is 0 Å². The summed E-state index contributed by atoms with van der Waals surface area (Å²) in [6.07, 6.45) is 0.776. The van der Waals surface area contributed by atoms with E-state index in [0.29, 0.717) is 41.5 Å². The molecule has 0 spiro atoms. The molecular weight excluding hydrogens is 484 g/mol. The standard InChI is InChI=1S/C28H29ClO5S/c1-2-33-22-10-7-18(8-11-22)13-20-14-19(9-12-25(20)29)26-16-21(30)15-23(34-26)17-35-27-6-4-3-5-24(27)28(31)32/h3-12,14,21,23,26,30H,2,13,15-17H2,1H3,(H,31,32). The summed E-state index contributed by atoms with van der Waals surface area (Å²) in [7, 11) is 0. The number of benzene rings is 3. The van der Waals surface area contributed by atoms with Crippen molar-refractivity contribution in [2.45, 2.75) is 49.4 Å². The molecule has 0 radical (unpaired) electrons. The molecule has 0 aromatic heterocycles. The number of halogens is 1. The van der Waals surface area contributed by atoms with Crippen LogP contribution in [0, 0.1) is 0 Å². The number of carboxylic acids is 1. The summed E-state index contributed by atoms with van der Waals surface area (Å²) in [5, 5.41) is 20.7. The molecule has 4 rings (SSSR count). The highest BCUT2D eigenvalue weighted by atomic mass is 35.5. The maximum absolute atomic E-state index is 11.5. The van der Waals surface area contributed by atoms with Crippen LogP contribution in [0.25, 0.3) is 0 Å². The third-order valence-electron chi connectivity index (χ3n) is 5.99. The number of ether oxygens (including phenoxy) is 2. The number of aliphatic hydroxyl groups excluding tert-OH is 1. The Labute approximate surface area is 215 Å². The van der Waals surface area contributed by atoms with Crippen LogP contribution in [0.4, 0.5) is 0 Å². The SMILES string of the molecule is CCOc1ccc(Cc2cc(C3CC(O)CC(CSc4ccccc4C(=O)O)O3)ccc2Cl)cc1. The van der Waals surface area contributed by atoms with Crippen LogP contribution >= 0.6 is 23.4 Å². The van der Waals surface area contributed by atoms with Crippen molar-refractivity contribution in [3.05, 3.63) is 94.0 Å². The van der Waals surface area contributed by atoms with E-state index in [2.05, 4.69) is 6.07 Å². The van der Waals surface area contributed by atoms with Crippen molar-refractivity contribution in [1.29, 1.82) is 0 Å². The molecule has 7 heteroatoms. The van der Waals surface area contributed by atoms with Gasteiger partial charge in [0.05, 0.1) is 30.5 Å². The first-order valence-electron chi connectivity index (χ1n) is 11.7. The minimum Gasteiger partial charge on any atom is -0.494 e. The van der Waals surface area contributed by atoms with E-state index in [9.17, 15) is 15.0 Å². The monoisotopic (exact) mass is 512 g/mol.